The summed E-state index contributed by atoms with van der Waals surface area (Å²) >= 11 is 0. The summed E-state index contributed by atoms with van der Waals surface area (Å²) in [5.41, 5.74) is 3.47. The number of hydrogen-bond acceptors (Lipinski definition) is 3. The number of amides is 2. The van der Waals surface area contributed by atoms with Crippen LogP contribution in [0.5, 0.6) is 0 Å². The molecule has 5 nitrogen and oxygen atoms in total. The van der Waals surface area contributed by atoms with Crippen LogP contribution in [-0.4, -0.2) is 49.7 Å². The molecule has 0 bridgehead atoms. The van der Waals surface area contributed by atoms with E-state index in [-0.39, 0.29) is 17.9 Å². The zero-order valence-corrected chi connectivity index (χ0v) is 17.3. The van der Waals surface area contributed by atoms with Gasteiger partial charge < -0.3 is 15.5 Å². The SMILES string of the molecule is Cc1cccc(N2CCN(CC[C@@H](C)NC(=O)NCc3ccc(F)cc3)CC2)c1. The van der Waals surface area contributed by atoms with E-state index < -0.39 is 0 Å². The van der Waals surface area contributed by atoms with E-state index in [0.29, 0.717) is 6.54 Å². The molecule has 156 valence electrons. The summed E-state index contributed by atoms with van der Waals surface area (Å²) in [5, 5.41) is 5.80. The van der Waals surface area contributed by atoms with Crippen LogP contribution in [-0.2, 0) is 6.54 Å². The van der Waals surface area contributed by atoms with Crippen molar-refractivity contribution in [1.29, 1.82) is 0 Å². The summed E-state index contributed by atoms with van der Waals surface area (Å²) in [6.45, 7) is 9.66. The fourth-order valence-corrected chi connectivity index (χ4v) is 3.56. The minimum absolute atomic E-state index is 0.0954. The molecule has 3 rings (SSSR count). The summed E-state index contributed by atoms with van der Waals surface area (Å²) in [4.78, 5) is 17.0. The van der Waals surface area contributed by atoms with Crippen molar-refractivity contribution < 1.29 is 9.18 Å². The Morgan fingerprint density at radius 1 is 1.10 bits per heavy atom. The molecular formula is C23H31FN4O. The van der Waals surface area contributed by atoms with Gasteiger partial charge in [0.1, 0.15) is 5.82 Å². The number of rotatable bonds is 7. The second kappa shape index (κ2) is 10.3. The molecule has 1 fully saturated rings. The van der Waals surface area contributed by atoms with Gasteiger partial charge in [-0.05, 0) is 55.7 Å². The highest BCUT2D eigenvalue weighted by Gasteiger charge is 2.18. The van der Waals surface area contributed by atoms with Crippen molar-refractivity contribution in [2.45, 2.75) is 32.9 Å². The number of nitrogens with zero attached hydrogens (tertiary/aromatic N) is 2. The Morgan fingerprint density at radius 2 is 1.83 bits per heavy atom. The van der Waals surface area contributed by atoms with Crippen molar-refractivity contribution in [1.82, 2.24) is 15.5 Å². The number of halogens is 1. The number of piperazine rings is 1. The maximum Gasteiger partial charge on any atom is 0.315 e. The van der Waals surface area contributed by atoms with E-state index in [9.17, 15) is 9.18 Å². The van der Waals surface area contributed by atoms with Crippen molar-refractivity contribution >= 4 is 11.7 Å². The Kier molecular flexibility index (Phi) is 7.47. The van der Waals surface area contributed by atoms with Gasteiger partial charge in [0, 0.05) is 51.0 Å². The number of benzene rings is 2. The van der Waals surface area contributed by atoms with Crippen LogP contribution >= 0.6 is 0 Å². The number of hydrogen-bond donors (Lipinski definition) is 2. The van der Waals surface area contributed by atoms with Crippen molar-refractivity contribution in [3.05, 3.63) is 65.5 Å². The zero-order chi connectivity index (χ0) is 20.6. The first-order chi connectivity index (χ1) is 14.0. The average Bonchev–Trinajstić information content (AvgIpc) is 2.72. The average molecular weight is 399 g/mol. The monoisotopic (exact) mass is 398 g/mol. The molecule has 0 aromatic heterocycles. The molecule has 0 saturated carbocycles. The number of carbonyl (C=O) groups excluding carboxylic acids is 1. The molecule has 1 heterocycles. The van der Waals surface area contributed by atoms with Gasteiger partial charge in [-0.25, -0.2) is 9.18 Å². The minimum Gasteiger partial charge on any atom is -0.369 e. The number of aryl methyl sites for hydroxylation is 1. The predicted molar refractivity (Wildman–Crippen MR) is 116 cm³/mol. The molecule has 2 aromatic rings. The van der Waals surface area contributed by atoms with Gasteiger partial charge in [-0.1, -0.05) is 24.3 Å². The summed E-state index contributed by atoms with van der Waals surface area (Å²) in [7, 11) is 0. The highest BCUT2D eigenvalue weighted by Crippen LogP contribution is 2.17. The van der Waals surface area contributed by atoms with Crippen molar-refractivity contribution in [2.24, 2.45) is 0 Å². The molecule has 1 aliphatic rings. The number of nitrogens with one attached hydrogen (secondary N) is 2. The standard InChI is InChI=1S/C23H31FN4O/c1-18-4-3-5-22(16-18)28-14-12-27(13-15-28)11-10-19(2)26-23(29)25-17-20-6-8-21(24)9-7-20/h3-9,16,19H,10-15,17H2,1-2H3,(H2,25,26,29)/t19-/m1/s1. The molecule has 2 amide bonds. The maximum absolute atomic E-state index is 12.9. The van der Waals surface area contributed by atoms with Gasteiger partial charge in [0.05, 0.1) is 0 Å². The lowest BCUT2D eigenvalue weighted by atomic mass is 10.1. The smallest absolute Gasteiger partial charge is 0.315 e. The third-order valence-corrected chi connectivity index (χ3v) is 5.36. The van der Waals surface area contributed by atoms with Crippen molar-refractivity contribution in [2.75, 3.05) is 37.6 Å². The van der Waals surface area contributed by atoms with Gasteiger partial charge in [-0.2, -0.15) is 0 Å². The van der Waals surface area contributed by atoms with Crippen LogP contribution in [0.2, 0.25) is 0 Å². The Morgan fingerprint density at radius 3 is 2.52 bits per heavy atom. The van der Waals surface area contributed by atoms with E-state index in [1.54, 1.807) is 12.1 Å². The quantitative estimate of drug-likeness (QED) is 0.750. The van der Waals surface area contributed by atoms with Gasteiger partial charge in [0.15, 0.2) is 0 Å². The van der Waals surface area contributed by atoms with Crippen LogP contribution in [0.15, 0.2) is 48.5 Å². The number of anilines is 1. The first kappa shape index (κ1) is 21.1. The summed E-state index contributed by atoms with van der Waals surface area (Å²) in [6.07, 6.45) is 0.911. The minimum atomic E-state index is -0.272. The molecule has 2 aromatic carbocycles. The Hall–Kier alpha value is -2.60. The van der Waals surface area contributed by atoms with Gasteiger partial charge in [-0.15, -0.1) is 0 Å². The van der Waals surface area contributed by atoms with Crippen LogP contribution in [0.4, 0.5) is 14.9 Å². The molecule has 0 spiro atoms. The fourth-order valence-electron chi connectivity index (χ4n) is 3.56. The Bertz CT molecular complexity index is 788. The van der Waals surface area contributed by atoms with Gasteiger partial charge in [-0.3, -0.25) is 4.90 Å². The molecule has 0 radical (unpaired) electrons. The Labute approximate surface area is 172 Å². The second-order valence-electron chi connectivity index (χ2n) is 7.81. The molecule has 1 atom stereocenters. The van der Waals surface area contributed by atoms with Crippen LogP contribution in [0.1, 0.15) is 24.5 Å². The molecule has 2 N–H and O–H groups in total. The largest absolute Gasteiger partial charge is 0.369 e. The van der Waals surface area contributed by atoms with Crippen molar-refractivity contribution in [3.8, 4) is 0 Å². The summed E-state index contributed by atoms with van der Waals surface area (Å²) < 4.78 is 12.9. The van der Waals surface area contributed by atoms with E-state index >= 15 is 0 Å². The van der Waals surface area contributed by atoms with E-state index in [0.717, 1.165) is 44.7 Å². The van der Waals surface area contributed by atoms with Gasteiger partial charge in [0.2, 0.25) is 0 Å². The lowest BCUT2D eigenvalue weighted by molar-refractivity contribution is 0.227. The van der Waals surface area contributed by atoms with E-state index in [4.69, 9.17) is 0 Å². The molecule has 29 heavy (non-hydrogen) atoms. The molecular weight excluding hydrogens is 367 g/mol. The van der Waals surface area contributed by atoms with Crippen molar-refractivity contribution in [3.63, 3.8) is 0 Å². The summed E-state index contributed by atoms with van der Waals surface area (Å²) in [6, 6.07) is 14.7. The molecule has 0 aliphatic carbocycles. The lowest BCUT2D eigenvalue weighted by Crippen LogP contribution is -2.48. The van der Waals surface area contributed by atoms with Crippen LogP contribution in [0, 0.1) is 12.7 Å². The van der Waals surface area contributed by atoms with Crippen LogP contribution < -0.4 is 15.5 Å². The number of urea groups is 1. The molecule has 1 aliphatic heterocycles. The zero-order valence-electron chi connectivity index (χ0n) is 17.3. The molecule has 0 unspecified atom stereocenters. The lowest BCUT2D eigenvalue weighted by Gasteiger charge is -2.36. The third kappa shape index (κ3) is 6.75. The first-order valence-electron chi connectivity index (χ1n) is 10.3. The van der Waals surface area contributed by atoms with Gasteiger partial charge >= 0.3 is 6.03 Å². The predicted octanol–water partition coefficient (Wildman–Crippen LogP) is 3.53. The topological polar surface area (TPSA) is 47.6 Å². The molecule has 6 heteroatoms. The third-order valence-electron chi connectivity index (χ3n) is 5.36. The molecule has 1 saturated heterocycles. The van der Waals surface area contributed by atoms with E-state index in [1.807, 2.05) is 6.92 Å². The second-order valence-corrected chi connectivity index (χ2v) is 7.81. The normalized spacial score (nSPS) is 15.8. The van der Waals surface area contributed by atoms with Crippen LogP contribution in [0.25, 0.3) is 0 Å². The first-order valence-corrected chi connectivity index (χ1v) is 10.3. The van der Waals surface area contributed by atoms with Gasteiger partial charge in [0.25, 0.3) is 0 Å². The van der Waals surface area contributed by atoms with E-state index in [2.05, 4.69) is 51.6 Å². The highest BCUT2D eigenvalue weighted by molar-refractivity contribution is 5.74. The van der Waals surface area contributed by atoms with Crippen LogP contribution in [0.3, 0.4) is 0 Å². The Balaban J connectivity index is 1.33. The fraction of sp³-hybridized carbons (Fsp3) is 0.435. The highest BCUT2D eigenvalue weighted by atomic mass is 19.1. The van der Waals surface area contributed by atoms with E-state index in [1.165, 1.54) is 23.4 Å². The number of carbonyl (C=O) groups is 1. The maximum atomic E-state index is 12.9. The summed E-state index contributed by atoms with van der Waals surface area (Å²) in [5.74, 6) is -0.272.